The lowest BCUT2D eigenvalue weighted by molar-refractivity contribution is 0.470. The lowest BCUT2D eigenvalue weighted by Gasteiger charge is -2.07. The SMILES string of the molecule is CC[C@H](C)Sc1oc(-c2cccs2)nc1S(=O)(=O)c1ccccc1. The summed E-state index contributed by atoms with van der Waals surface area (Å²) in [5.74, 6) is 0.352. The van der Waals surface area contributed by atoms with Gasteiger partial charge in [0.25, 0.3) is 0 Å². The van der Waals surface area contributed by atoms with Gasteiger partial charge in [-0.05, 0) is 30.0 Å². The molecule has 24 heavy (non-hydrogen) atoms. The lowest BCUT2D eigenvalue weighted by Crippen LogP contribution is -2.04. The van der Waals surface area contributed by atoms with Crippen molar-refractivity contribution in [3.05, 3.63) is 47.8 Å². The van der Waals surface area contributed by atoms with E-state index in [1.807, 2.05) is 24.4 Å². The van der Waals surface area contributed by atoms with Gasteiger partial charge < -0.3 is 4.42 Å². The highest BCUT2D eigenvalue weighted by atomic mass is 32.2. The number of rotatable bonds is 6. The Morgan fingerprint density at radius 3 is 2.58 bits per heavy atom. The van der Waals surface area contributed by atoms with Crippen molar-refractivity contribution in [1.29, 1.82) is 0 Å². The van der Waals surface area contributed by atoms with Crippen molar-refractivity contribution in [2.24, 2.45) is 0 Å². The molecule has 3 rings (SSSR count). The van der Waals surface area contributed by atoms with Crippen LogP contribution >= 0.6 is 23.1 Å². The molecule has 0 bridgehead atoms. The minimum absolute atomic E-state index is 0.00222. The van der Waals surface area contributed by atoms with Crippen molar-refractivity contribution in [3.8, 4) is 10.8 Å². The average molecular weight is 380 g/mol. The van der Waals surface area contributed by atoms with E-state index >= 15 is 0 Å². The molecule has 0 spiro atoms. The van der Waals surface area contributed by atoms with Gasteiger partial charge in [0.05, 0.1) is 9.77 Å². The lowest BCUT2D eigenvalue weighted by atomic mass is 10.4. The highest BCUT2D eigenvalue weighted by Crippen LogP contribution is 2.38. The van der Waals surface area contributed by atoms with Crippen LogP contribution in [0.25, 0.3) is 10.8 Å². The van der Waals surface area contributed by atoms with Crippen LogP contribution in [-0.2, 0) is 9.84 Å². The second kappa shape index (κ2) is 7.13. The smallest absolute Gasteiger partial charge is 0.238 e. The molecule has 1 atom stereocenters. The summed E-state index contributed by atoms with van der Waals surface area (Å²) in [4.78, 5) is 5.36. The van der Waals surface area contributed by atoms with Gasteiger partial charge in [0.15, 0.2) is 0 Å². The number of aromatic nitrogens is 1. The van der Waals surface area contributed by atoms with Gasteiger partial charge in [0, 0.05) is 5.25 Å². The number of sulfone groups is 1. The summed E-state index contributed by atoms with van der Waals surface area (Å²) in [6, 6.07) is 12.1. The molecule has 4 nitrogen and oxygen atoms in total. The first kappa shape index (κ1) is 17.3. The number of thiophene rings is 1. The van der Waals surface area contributed by atoms with E-state index in [1.54, 1.807) is 30.3 Å². The van der Waals surface area contributed by atoms with Gasteiger partial charge in [0.1, 0.15) is 0 Å². The molecule has 0 N–H and O–H groups in total. The zero-order valence-corrected chi connectivity index (χ0v) is 15.7. The Kier molecular flexibility index (Phi) is 5.12. The monoisotopic (exact) mass is 379 g/mol. The Bertz CT molecular complexity index is 900. The molecule has 7 heteroatoms. The van der Waals surface area contributed by atoms with Gasteiger partial charge in [0.2, 0.25) is 25.8 Å². The molecule has 0 amide bonds. The largest absolute Gasteiger partial charge is 0.428 e. The van der Waals surface area contributed by atoms with Crippen LogP contribution in [0.3, 0.4) is 0 Å². The summed E-state index contributed by atoms with van der Waals surface area (Å²) >= 11 is 2.87. The molecule has 0 saturated carbocycles. The molecular formula is C17H17NO3S3. The van der Waals surface area contributed by atoms with Crippen molar-refractivity contribution in [1.82, 2.24) is 4.98 Å². The quantitative estimate of drug-likeness (QED) is 0.556. The second-order valence-electron chi connectivity index (χ2n) is 5.24. The minimum Gasteiger partial charge on any atom is -0.428 e. The van der Waals surface area contributed by atoms with E-state index in [9.17, 15) is 8.42 Å². The van der Waals surface area contributed by atoms with E-state index in [-0.39, 0.29) is 15.2 Å². The highest BCUT2D eigenvalue weighted by Gasteiger charge is 2.29. The third-order valence-electron chi connectivity index (χ3n) is 3.49. The van der Waals surface area contributed by atoms with E-state index in [0.717, 1.165) is 11.3 Å². The third-order valence-corrected chi connectivity index (χ3v) is 7.38. The van der Waals surface area contributed by atoms with Crippen molar-refractivity contribution in [2.45, 2.75) is 40.5 Å². The minimum atomic E-state index is -3.71. The first-order valence-electron chi connectivity index (χ1n) is 7.54. The van der Waals surface area contributed by atoms with E-state index < -0.39 is 9.84 Å². The molecule has 0 radical (unpaired) electrons. The van der Waals surface area contributed by atoms with Crippen molar-refractivity contribution >= 4 is 32.9 Å². The first-order chi connectivity index (χ1) is 11.5. The maximum Gasteiger partial charge on any atom is 0.238 e. The van der Waals surface area contributed by atoms with Crippen LogP contribution in [0, 0.1) is 0 Å². The molecule has 3 aromatic rings. The third kappa shape index (κ3) is 3.43. The molecule has 0 unspecified atom stereocenters. The van der Waals surface area contributed by atoms with Crippen LogP contribution < -0.4 is 0 Å². The number of hydrogen-bond acceptors (Lipinski definition) is 6. The summed E-state index contributed by atoms with van der Waals surface area (Å²) in [5, 5.41) is 2.50. The Balaban J connectivity index is 2.11. The van der Waals surface area contributed by atoms with E-state index in [4.69, 9.17) is 4.42 Å². The molecule has 0 aliphatic heterocycles. The molecule has 126 valence electrons. The first-order valence-corrected chi connectivity index (χ1v) is 10.8. The fourth-order valence-electron chi connectivity index (χ4n) is 2.02. The average Bonchev–Trinajstić information content (AvgIpc) is 3.25. The Labute approximate surface area is 149 Å². The maximum absolute atomic E-state index is 13.0. The van der Waals surface area contributed by atoms with Gasteiger partial charge >= 0.3 is 0 Å². The summed E-state index contributed by atoms with van der Waals surface area (Å²) in [7, 11) is -3.71. The summed E-state index contributed by atoms with van der Waals surface area (Å²) < 4.78 is 31.8. The molecule has 0 saturated heterocycles. The topological polar surface area (TPSA) is 60.2 Å². The molecule has 0 fully saturated rings. The molecule has 0 aliphatic carbocycles. The molecule has 0 aliphatic rings. The molecule has 1 aromatic carbocycles. The van der Waals surface area contributed by atoms with Crippen molar-refractivity contribution < 1.29 is 12.8 Å². The fraction of sp³-hybridized carbons (Fsp3) is 0.235. The van der Waals surface area contributed by atoms with Gasteiger partial charge in [-0.25, -0.2) is 8.42 Å². The van der Waals surface area contributed by atoms with Crippen LogP contribution in [0.5, 0.6) is 0 Å². The van der Waals surface area contributed by atoms with Gasteiger partial charge in [-0.3, -0.25) is 0 Å². The standard InChI is InChI=1S/C17H17NO3S3/c1-3-12(2)23-17-16(18-15(21-17)14-10-7-11-22-14)24(19,20)13-8-5-4-6-9-13/h4-12H,3H2,1-2H3/t12-/m0/s1. The highest BCUT2D eigenvalue weighted by molar-refractivity contribution is 8.00. The zero-order valence-electron chi connectivity index (χ0n) is 13.3. The Hall–Kier alpha value is -1.57. The van der Waals surface area contributed by atoms with Gasteiger partial charge in [-0.2, -0.15) is 4.98 Å². The Morgan fingerprint density at radius 2 is 1.96 bits per heavy atom. The number of hydrogen-bond donors (Lipinski definition) is 0. The van der Waals surface area contributed by atoms with E-state index in [0.29, 0.717) is 11.0 Å². The van der Waals surface area contributed by atoms with Gasteiger partial charge in [-0.1, -0.05) is 49.9 Å². The van der Waals surface area contributed by atoms with E-state index in [2.05, 4.69) is 11.9 Å². The summed E-state index contributed by atoms with van der Waals surface area (Å²) in [6.07, 6.45) is 0.907. The van der Waals surface area contributed by atoms with Crippen LogP contribution in [0.1, 0.15) is 20.3 Å². The Morgan fingerprint density at radius 1 is 1.21 bits per heavy atom. The van der Waals surface area contributed by atoms with Gasteiger partial charge in [-0.15, -0.1) is 11.3 Å². The zero-order chi connectivity index (χ0) is 17.2. The van der Waals surface area contributed by atoms with Crippen LogP contribution in [-0.4, -0.2) is 18.7 Å². The van der Waals surface area contributed by atoms with Crippen molar-refractivity contribution in [3.63, 3.8) is 0 Å². The van der Waals surface area contributed by atoms with Crippen molar-refractivity contribution in [2.75, 3.05) is 0 Å². The van der Waals surface area contributed by atoms with Crippen LogP contribution in [0.4, 0.5) is 0 Å². The summed E-state index contributed by atoms with van der Waals surface area (Å²) in [5.41, 5.74) is 0. The number of oxazole rings is 1. The fourth-order valence-corrected chi connectivity index (χ4v) is 5.15. The predicted molar refractivity (Wildman–Crippen MR) is 97.3 cm³/mol. The summed E-state index contributed by atoms with van der Waals surface area (Å²) in [6.45, 7) is 4.09. The molecular weight excluding hydrogens is 362 g/mol. The maximum atomic E-state index is 13.0. The van der Waals surface area contributed by atoms with E-state index in [1.165, 1.54) is 23.1 Å². The number of benzene rings is 1. The molecule has 2 aromatic heterocycles. The predicted octanol–water partition coefficient (Wildman–Crippen LogP) is 5.13. The van der Waals surface area contributed by atoms with Crippen LogP contribution in [0.15, 0.2) is 67.3 Å². The molecule has 2 heterocycles. The van der Waals surface area contributed by atoms with Crippen LogP contribution in [0.2, 0.25) is 0 Å². The second-order valence-corrected chi connectivity index (χ2v) is 9.47. The normalized spacial score (nSPS) is 13.1. The number of thioether (sulfide) groups is 1. The number of nitrogens with zero attached hydrogens (tertiary/aromatic N) is 1.